The van der Waals surface area contributed by atoms with Crippen molar-refractivity contribution in [3.05, 3.63) is 79.5 Å². The molecule has 10 heteroatoms. The minimum Gasteiger partial charge on any atom is -0.331 e. The van der Waals surface area contributed by atoms with Gasteiger partial charge in [0.05, 0.1) is 10.0 Å². The van der Waals surface area contributed by atoms with E-state index in [0.29, 0.717) is 46.1 Å². The number of hydrogen-bond acceptors (Lipinski definition) is 3. The molecule has 1 aromatic heterocycles. The maximum absolute atomic E-state index is 11.1. The molecule has 2 aromatic rings. The molecule has 2 heterocycles. The van der Waals surface area contributed by atoms with Crippen LogP contribution in [0.15, 0.2) is 48.2 Å². The van der Waals surface area contributed by atoms with Crippen LogP contribution in [0.3, 0.4) is 0 Å². The van der Waals surface area contributed by atoms with Crippen molar-refractivity contribution in [2.45, 2.75) is 6.54 Å². The molecule has 27 heavy (non-hydrogen) atoms. The van der Waals surface area contributed by atoms with E-state index in [0.717, 1.165) is 5.56 Å². The molecule has 1 saturated heterocycles. The second-order valence-corrected chi connectivity index (χ2v) is 6.98. The van der Waals surface area contributed by atoms with Gasteiger partial charge >= 0.3 is 0 Å². The molecule has 140 valence electrons. The first kappa shape index (κ1) is 19.4. The Hall–Kier alpha value is -2.35. The molecular weight excluding hydrogens is 413 g/mol. The van der Waals surface area contributed by atoms with Crippen LogP contribution in [0.1, 0.15) is 11.1 Å². The molecule has 0 unspecified atom stereocenters. The predicted molar refractivity (Wildman–Crippen MR) is 106 cm³/mol. The van der Waals surface area contributed by atoms with Crippen molar-refractivity contribution in [2.75, 3.05) is 13.1 Å². The summed E-state index contributed by atoms with van der Waals surface area (Å²) in [7, 11) is 0. The largest absolute Gasteiger partial charge is 0.331 e. The quantitative estimate of drug-likeness (QED) is 0.403. The summed E-state index contributed by atoms with van der Waals surface area (Å²) in [6, 6.07) is 8.56. The van der Waals surface area contributed by atoms with E-state index in [9.17, 15) is 10.1 Å². The number of pyridine rings is 1. The lowest BCUT2D eigenvalue weighted by Gasteiger charge is -2.22. The molecule has 0 bridgehead atoms. The fraction of sp³-hybridized carbons (Fsp3) is 0.176. The summed E-state index contributed by atoms with van der Waals surface area (Å²) in [5, 5.41) is 15.1. The maximum atomic E-state index is 11.1. The van der Waals surface area contributed by atoms with Gasteiger partial charge in [0.15, 0.2) is 5.03 Å². The molecule has 0 spiro atoms. The molecule has 1 aliphatic rings. The molecule has 0 N–H and O–H groups in total. The van der Waals surface area contributed by atoms with E-state index >= 15 is 0 Å². The highest BCUT2D eigenvalue weighted by Crippen LogP contribution is 2.29. The smallest absolute Gasteiger partial charge is 0.278 e. The van der Waals surface area contributed by atoms with Crippen molar-refractivity contribution in [3.8, 4) is 0 Å². The van der Waals surface area contributed by atoms with Crippen molar-refractivity contribution in [1.29, 1.82) is 0 Å². The van der Waals surface area contributed by atoms with E-state index in [-0.39, 0.29) is 5.96 Å². The third-order valence-electron chi connectivity index (χ3n) is 4.03. The van der Waals surface area contributed by atoms with Crippen molar-refractivity contribution in [3.63, 3.8) is 0 Å². The lowest BCUT2D eigenvalue weighted by Crippen LogP contribution is -2.33. The van der Waals surface area contributed by atoms with E-state index in [4.69, 9.17) is 34.8 Å². The number of halogens is 3. The van der Waals surface area contributed by atoms with Crippen molar-refractivity contribution in [1.82, 2.24) is 14.8 Å². The van der Waals surface area contributed by atoms with E-state index in [1.165, 1.54) is 0 Å². The normalized spacial score (nSPS) is 15.4. The second-order valence-electron chi connectivity index (χ2n) is 5.78. The highest BCUT2D eigenvalue weighted by molar-refractivity contribution is 6.42. The predicted octanol–water partition coefficient (Wildman–Crippen LogP) is 4.38. The van der Waals surface area contributed by atoms with Crippen molar-refractivity contribution >= 4 is 46.5 Å². The fourth-order valence-electron chi connectivity index (χ4n) is 2.74. The van der Waals surface area contributed by atoms with Gasteiger partial charge in [0.1, 0.15) is 10.3 Å². The number of hydrazone groups is 1. The molecule has 7 nitrogen and oxygen atoms in total. The second kappa shape index (κ2) is 8.12. The van der Waals surface area contributed by atoms with E-state index in [1.54, 1.807) is 40.3 Å². The first-order valence-corrected chi connectivity index (χ1v) is 8.99. The van der Waals surface area contributed by atoms with Gasteiger partial charge in [0, 0.05) is 31.5 Å². The van der Waals surface area contributed by atoms with Crippen LogP contribution in [-0.4, -0.2) is 38.9 Å². The third-order valence-corrected chi connectivity index (χ3v) is 4.99. The van der Waals surface area contributed by atoms with Crippen molar-refractivity contribution < 1.29 is 5.03 Å². The first-order chi connectivity index (χ1) is 12.8. The standard InChI is InChI=1S/C17H14Cl3N5O2/c1-11(13-3-4-14(18)15(19)8-13)24-7-6-23(17(24)22-25(26)27)10-12-2-5-16(20)21-9-12/h2-5,8-9H,1,6-7,10H2/b22-17-. The lowest BCUT2D eigenvalue weighted by molar-refractivity contribution is -0.486. The third kappa shape index (κ3) is 4.50. The summed E-state index contributed by atoms with van der Waals surface area (Å²) in [4.78, 5) is 18.6. The van der Waals surface area contributed by atoms with E-state index < -0.39 is 5.03 Å². The monoisotopic (exact) mass is 425 g/mol. The molecular formula is C17H14Cl3N5O2. The molecule has 3 rings (SSSR count). The van der Waals surface area contributed by atoms with Gasteiger partial charge in [-0.05, 0) is 29.3 Å². The molecule has 0 atom stereocenters. The summed E-state index contributed by atoms with van der Waals surface area (Å²) in [6.45, 7) is 5.49. The number of nitrogens with zero attached hydrogens (tertiary/aromatic N) is 5. The zero-order chi connectivity index (χ0) is 19.6. The van der Waals surface area contributed by atoms with Crippen LogP contribution in [-0.2, 0) is 6.54 Å². The summed E-state index contributed by atoms with van der Waals surface area (Å²) in [6.07, 6.45) is 1.63. The highest BCUT2D eigenvalue weighted by Gasteiger charge is 2.32. The number of aromatic nitrogens is 1. The number of guanidine groups is 1. The van der Waals surface area contributed by atoms with E-state index in [2.05, 4.69) is 16.7 Å². The Balaban J connectivity index is 1.86. The minimum atomic E-state index is -0.719. The number of hydrogen-bond donors (Lipinski definition) is 0. The number of rotatable bonds is 5. The average molecular weight is 427 g/mol. The van der Waals surface area contributed by atoms with Gasteiger partial charge in [-0.25, -0.2) is 15.1 Å². The van der Waals surface area contributed by atoms with Crippen LogP contribution in [0, 0.1) is 10.1 Å². The summed E-state index contributed by atoms with van der Waals surface area (Å²) in [5.41, 5.74) is 2.11. The van der Waals surface area contributed by atoms with Crippen LogP contribution < -0.4 is 0 Å². The molecule has 1 fully saturated rings. The summed E-state index contributed by atoms with van der Waals surface area (Å²) in [5.74, 6) is 0.200. The Morgan fingerprint density at radius 1 is 1.22 bits per heavy atom. The number of benzene rings is 1. The Kier molecular flexibility index (Phi) is 5.84. The molecule has 0 radical (unpaired) electrons. The topological polar surface area (TPSA) is 74.9 Å². The summed E-state index contributed by atoms with van der Waals surface area (Å²) < 4.78 is 0. The van der Waals surface area contributed by atoms with Crippen molar-refractivity contribution in [2.24, 2.45) is 5.10 Å². The highest BCUT2D eigenvalue weighted by atomic mass is 35.5. The lowest BCUT2D eigenvalue weighted by atomic mass is 10.1. The number of nitro groups is 1. The average Bonchev–Trinajstić information content (AvgIpc) is 3.00. The van der Waals surface area contributed by atoms with Gasteiger partial charge < -0.3 is 9.80 Å². The minimum absolute atomic E-state index is 0.200. The Morgan fingerprint density at radius 3 is 2.63 bits per heavy atom. The van der Waals surface area contributed by atoms with Gasteiger partial charge in [-0.2, -0.15) is 0 Å². The van der Waals surface area contributed by atoms with Crippen LogP contribution in [0.2, 0.25) is 15.2 Å². The van der Waals surface area contributed by atoms with Gasteiger partial charge in [0.2, 0.25) is 0 Å². The van der Waals surface area contributed by atoms with Gasteiger partial charge in [-0.3, -0.25) is 0 Å². The van der Waals surface area contributed by atoms with Crippen LogP contribution >= 0.6 is 34.8 Å². The van der Waals surface area contributed by atoms with Gasteiger partial charge in [0.25, 0.3) is 5.96 Å². The summed E-state index contributed by atoms with van der Waals surface area (Å²) >= 11 is 17.8. The van der Waals surface area contributed by atoms with E-state index in [1.807, 2.05) is 6.07 Å². The Bertz CT molecular complexity index is 917. The van der Waals surface area contributed by atoms with Gasteiger partial charge in [-0.15, -0.1) is 0 Å². The first-order valence-electron chi connectivity index (χ1n) is 7.85. The van der Waals surface area contributed by atoms with Gasteiger partial charge in [-0.1, -0.05) is 53.5 Å². The molecule has 1 aromatic carbocycles. The molecule has 0 saturated carbocycles. The van der Waals surface area contributed by atoms with Crippen LogP contribution in [0.4, 0.5) is 0 Å². The Morgan fingerprint density at radius 2 is 2.00 bits per heavy atom. The SMILES string of the molecule is C=C(c1ccc(Cl)c(Cl)c1)N1CCN(Cc2ccc(Cl)nc2)/C1=N/[N+](=O)[O-]. The molecule has 1 aliphatic heterocycles. The molecule has 0 aliphatic carbocycles. The zero-order valence-electron chi connectivity index (χ0n) is 14.0. The fourth-order valence-corrected chi connectivity index (χ4v) is 3.15. The maximum Gasteiger partial charge on any atom is 0.278 e. The van der Waals surface area contributed by atoms with Crippen LogP contribution in [0.5, 0.6) is 0 Å². The Labute approximate surface area is 170 Å². The van der Waals surface area contributed by atoms with Crippen LogP contribution in [0.25, 0.3) is 5.70 Å². The zero-order valence-corrected chi connectivity index (χ0v) is 16.2. The molecule has 0 amide bonds.